The van der Waals surface area contributed by atoms with E-state index < -0.39 is 0 Å². The number of hydrogen-bond donors (Lipinski definition) is 2. The van der Waals surface area contributed by atoms with Crippen molar-refractivity contribution in [1.29, 1.82) is 0 Å². The summed E-state index contributed by atoms with van der Waals surface area (Å²) in [4.78, 5) is 2.05. The summed E-state index contributed by atoms with van der Waals surface area (Å²) < 4.78 is 0. The fraction of sp³-hybridized carbons (Fsp3) is 0.714. The Morgan fingerprint density at radius 1 is 1.50 bits per heavy atom. The highest BCUT2D eigenvalue weighted by atomic mass is 16.3. The molecule has 0 aliphatic heterocycles. The second-order valence-electron chi connectivity index (χ2n) is 2.10. The van der Waals surface area contributed by atoms with Crippen molar-refractivity contribution in [2.45, 2.75) is 0 Å². The zero-order chi connectivity index (χ0) is 7.82. The standard InChI is InChI=1S/C7H16N2O/c1-2-4-9(5-3-8)6-7-10/h2,10H,1,3-8H2. The molecule has 0 aromatic rings. The number of hydrogen-bond acceptors (Lipinski definition) is 3. The van der Waals surface area contributed by atoms with Crippen molar-refractivity contribution in [2.24, 2.45) is 5.73 Å². The third-order valence-corrected chi connectivity index (χ3v) is 1.25. The summed E-state index contributed by atoms with van der Waals surface area (Å²) >= 11 is 0. The Bertz CT molecular complexity index is 79.7. The van der Waals surface area contributed by atoms with Crippen molar-refractivity contribution < 1.29 is 5.11 Å². The van der Waals surface area contributed by atoms with Gasteiger partial charge in [0.25, 0.3) is 0 Å². The van der Waals surface area contributed by atoms with Gasteiger partial charge in [-0.05, 0) is 0 Å². The van der Waals surface area contributed by atoms with Crippen LogP contribution in [-0.4, -0.2) is 42.8 Å². The summed E-state index contributed by atoms with van der Waals surface area (Å²) in [6, 6.07) is 0. The maximum Gasteiger partial charge on any atom is 0.0558 e. The highest BCUT2D eigenvalue weighted by molar-refractivity contribution is 4.73. The minimum absolute atomic E-state index is 0.188. The summed E-state index contributed by atoms with van der Waals surface area (Å²) in [6.07, 6.45) is 1.81. The Balaban J connectivity index is 3.38. The van der Waals surface area contributed by atoms with Gasteiger partial charge in [-0.15, -0.1) is 6.58 Å². The Kier molecular flexibility index (Phi) is 6.48. The van der Waals surface area contributed by atoms with Crippen LogP contribution in [0.2, 0.25) is 0 Å². The van der Waals surface area contributed by atoms with Gasteiger partial charge in [-0.1, -0.05) is 6.08 Å². The fourth-order valence-corrected chi connectivity index (χ4v) is 0.801. The summed E-state index contributed by atoms with van der Waals surface area (Å²) in [5.41, 5.74) is 5.33. The van der Waals surface area contributed by atoms with Gasteiger partial charge in [0.2, 0.25) is 0 Å². The van der Waals surface area contributed by atoms with E-state index in [2.05, 4.69) is 6.58 Å². The van der Waals surface area contributed by atoms with Crippen LogP contribution in [0.3, 0.4) is 0 Å². The zero-order valence-corrected chi connectivity index (χ0v) is 6.29. The van der Waals surface area contributed by atoms with Gasteiger partial charge < -0.3 is 10.8 Å². The Morgan fingerprint density at radius 3 is 2.60 bits per heavy atom. The molecule has 0 saturated carbocycles. The van der Waals surface area contributed by atoms with E-state index in [1.807, 2.05) is 11.0 Å². The van der Waals surface area contributed by atoms with Gasteiger partial charge in [-0.25, -0.2) is 0 Å². The minimum atomic E-state index is 0.188. The van der Waals surface area contributed by atoms with Gasteiger partial charge in [-0.3, -0.25) is 4.90 Å². The molecule has 0 amide bonds. The van der Waals surface area contributed by atoms with Crippen LogP contribution in [0, 0.1) is 0 Å². The van der Waals surface area contributed by atoms with Gasteiger partial charge in [-0.2, -0.15) is 0 Å². The zero-order valence-electron chi connectivity index (χ0n) is 6.29. The molecular weight excluding hydrogens is 128 g/mol. The largest absolute Gasteiger partial charge is 0.395 e. The molecule has 0 fully saturated rings. The predicted octanol–water partition coefficient (Wildman–Crippen LogP) is -0.575. The van der Waals surface area contributed by atoms with Crippen molar-refractivity contribution in [1.82, 2.24) is 4.90 Å². The number of rotatable bonds is 6. The van der Waals surface area contributed by atoms with E-state index >= 15 is 0 Å². The number of nitrogens with two attached hydrogens (primary N) is 1. The highest BCUT2D eigenvalue weighted by Gasteiger charge is 1.97. The third-order valence-electron chi connectivity index (χ3n) is 1.25. The van der Waals surface area contributed by atoms with Crippen LogP contribution in [0.1, 0.15) is 0 Å². The van der Waals surface area contributed by atoms with E-state index in [4.69, 9.17) is 10.8 Å². The molecule has 10 heavy (non-hydrogen) atoms. The van der Waals surface area contributed by atoms with E-state index in [0.29, 0.717) is 13.1 Å². The highest BCUT2D eigenvalue weighted by Crippen LogP contribution is 1.84. The van der Waals surface area contributed by atoms with Crippen molar-refractivity contribution >= 4 is 0 Å². The molecule has 0 atom stereocenters. The van der Waals surface area contributed by atoms with Crippen molar-refractivity contribution in [3.63, 3.8) is 0 Å². The summed E-state index contributed by atoms with van der Waals surface area (Å²) in [7, 11) is 0. The average molecular weight is 144 g/mol. The maximum absolute atomic E-state index is 8.57. The molecule has 3 heteroatoms. The average Bonchev–Trinajstić information content (AvgIpc) is 1.90. The van der Waals surface area contributed by atoms with Crippen LogP contribution < -0.4 is 5.73 Å². The van der Waals surface area contributed by atoms with Crippen LogP contribution in [0.15, 0.2) is 12.7 Å². The third kappa shape index (κ3) is 4.49. The van der Waals surface area contributed by atoms with E-state index in [1.165, 1.54) is 0 Å². The summed E-state index contributed by atoms with van der Waals surface area (Å²) in [6.45, 7) is 6.74. The lowest BCUT2D eigenvalue weighted by Crippen LogP contribution is -2.32. The Hall–Kier alpha value is -0.380. The van der Waals surface area contributed by atoms with Crippen molar-refractivity contribution in [2.75, 3.05) is 32.8 Å². The second kappa shape index (κ2) is 6.74. The van der Waals surface area contributed by atoms with Crippen LogP contribution in [-0.2, 0) is 0 Å². The number of aliphatic hydroxyl groups is 1. The molecule has 0 unspecified atom stereocenters. The van der Waals surface area contributed by atoms with Gasteiger partial charge in [0, 0.05) is 26.2 Å². The molecule has 3 nitrogen and oxygen atoms in total. The Labute approximate surface area is 62.1 Å². The van der Waals surface area contributed by atoms with Crippen LogP contribution in [0.4, 0.5) is 0 Å². The number of aliphatic hydroxyl groups excluding tert-OH is 1. The molecule has 0 spiro atoms. The predicted molar refractivity (Wildman–Crippen MR) is 42.8 cm³/mol. The van der Waals surface area contributed by atoms with Gasteiger partial charge in [0.15, 0.2) is 0 Å². The summed E-state index contributed by atoms with van der Waals surface area (Å²) in [5, 5.41) is 8.57. The molecule has 0 aromatic carbocycles. The first-order valence-corrected chi connectivity index (χ1v) is 3.49. The molecule has 0 aliphatic rings. The van der Waals surface area contributed by atoms with Gasteiger partial charge in [0.05, 0.1) is 6.61 Å². The quantitative estimate of drug-likeness (QED) is 0.491. The first-order valence-electron chi connectivity index (χ1n) is 3.49. The molecule has 0 heterocycles. The molecule has 0 aliphatic carbocycles. The molecular formula is C7H16N2O. The van der Waals surface area contributed by atoms with Crippen molar-refractivity contribution in [3.8, 4) is 0 Å². The number of nitrogens with zero attached hydrogens (tertiary/aromatic N) is 1. The SMILES string of the molecule is C=CCN(CCN)CCO. The van der Waals surface area contributed by atoms with E-state index in [-0.39, 0.29) is 6.61 Å². The van der Waals surface area contributed by atoms with E-state index in [0.717, 1.165) is 13.1 Å². The minimum Gasteiger partial charge on any atom is -0.395 e. The molecule has 0 saturated heterocycles. The smallest absolute Gasteiger partial charge is 0.0558 e. The molecule has 60 valence electrons. The summed E-state index contributed by atoms with van der Waals surface area (Å²) in [5.74, 6) is 0. The fourth-order valence-electron chi connectivity index (χ4n) is 0.801. The monoisotopic (exact) mass is 144 g/mol. The van der Waals surface area contributed by atoms with Crippen molar-refractivity contribution in [3.05, 3.63) is 12.7 Å². The molecule has 0 rings (SSSR count). The van der Waals surface area contributed by atoms with Crippen LogP contribution in [0.5, 0.6) is 0 Å². The normalized spacial score (nSPS) is 10.3. The Morgan fingerprint density at radius 2 is 2.20 bits per heavy atom. The molecule has 0 radical (unpaired) electrons. The van der Waals surface area contributed by atoms with E-state index in [1.54, 1.807) is 0 Å². The first kappa shape index (κ1) is 9.62. The van der Waals surface area contributed by atoms with Crippen LogP contribution in [0.25, 0.3) is 0 Å². The lowest BCUT2D eigenvalue weighted by molar-refractivity contribution is 0.212. The lowest BCUT2D eigenvalue weighted by atomic mass is 10.4. The molecule has 3 N–H and O–H groups in total. The molecule has 0 aromatic heterocycles. The van der Waals surface area contributed by atoms with Gasteiger partial charge >= 0.3 is 0 Å². The van der Waals surface area contributed by atoms with Crippen LogP contribution >= 0.6 is 0 Å². The second-order valence-corrected chi connectivity index (χ2v) is 2.10. The topological polar surface area (TPSA) is 49.5 Å². The maximum atomic E-state index is 8.57. The lowest BCUT2D eigenvalue weighted by Gasteiger charge is -2.17. The first-order chi connectivity index (χ1) is 4.85. The van der Waals surface area contributed by atoms with E-state index in [9.17, 15) is 0 Å². The van der Waals surface area contributed by atoms with Gasteiger partial charge in [0.1, 0.15) is 0 Å². The molecule has 0 bridgehead atoms.